The van der Waals surface area contributed by atoms with Gasteiger partial charge in [0.25, 0.3) is 0 Å². The molecule has 0 radical (unpaired) electrons. The lowest BCUT2D eigenvalue weighted by Gasteiger charge is -2.43. The van der Waals surface area contributed by atoms with Crippen LogP contribution in [0.25, 0.3) is 0 Å². The number of ether oxygens (including phenoxy) is 1. The van der Waals surface area contributed by atoms with Crippen molar-refractivity contribution in [1.82, 2.24) is 9.88 Å². The molecule has 3 fully saturated rings. The molecule has 1 N–H and O–H groups in total. The molecule has 2 bridgehead atoms. The van der Waals surface area contributed by atoms with Crippen LogP contribution in [0.4, 0.5) is 0 Å². The molecule has 4 aliphatic rings. The summed E-state index contributed by atoms with van der Waals surface area (Å²) >= 11 is 15.8. The molecule has 6 rings (SSSR count). The third kappa shape index (κ3) is 2.95. The molecule has 2 saturated carbocycles. The number of esters is 1. The molecule has 1 saturated heterocycles. The highest BCUT2D eigenvalue weighted by atomic mass is 35.5. The van der Waals surface area contributed by atoms with Gasteiger partial charge in [-0.15, -0.1) is 11.8 Å². The van der Waals surface area contributed by atoms with Gasteiger partial charge >= 0.3 is 10.8 Å². The van der Waals surface area contributed by atoms with Gasteiger partial charge in [-0.25, -0.2) is 0 Å². The first-order valence-electron chi connectivity index (χ1n) is 10.6. The molecule has 1 aromatic carbocycles. The normalized spacial score (nSPS) is 33.8. The van der Waals surface area contributed by atoms with E-state index in [1.165, 1.54) is 18.4 Å². The molecule has 2 aliphatic carbocycles. The fourth-order valence-corrected chi connectivity index (χ4v) is 9.84. The number of aromatic nitrogens is 1. The number of nitrogens with zero attached hydrogens (tertiary/aromatic N) is 1. The van der Waals surface area contributed by atoms with Gasteiger partial charge in [-0.05, 0) is 35.8 Å². The molecular weight excluding hydrogens is 507 g/mol. The summed E-state index contributed by atoms with van der Waals surface area (Å²) < 4.78 is 4.69. The highest BCUT2D eigenvalue weighted by Gasteiger charge is 2.69. The van der Waals surface area contributed by atoms with Gasteiger partial charge in [0.1, 0.15) is 6.54 Å². The Bertz CT molecular complexity index is 1280. The standard InChI is InChI=1S/C22H18Cl2N2O5S2/c1-31-11(27)6-26-20(28)14-8-5-9(15(14)21(26)29)17-13(8)12(7-3-2-4-10(23)16(7)24)18-19(32-17)25-22(30)33-18/h2-4,8-9,12-15,17H,5-6H2,1H3,(H,25,30). The molecule has 7 atom stereocenters. The molecule has 2 aliphatic heterocycles. The number of nitrogens with one attached hydrogen (secondary N) is 1. The highest BCUT2D eigenvalue weighted by molar-refractivity contribution is 8.00. The SMILES string of the molecule is COC(=O)CN1C(=O)C2C3CC(C2C1=O)C1C(c2cccc(Cl)c2Cl)c2sc(=O)[nH]c2SC31. The lowest BCUT2D eigenvalue weighted by atomic mass is 9.68. The summed E-state index contributed by atoms with van der Waals surface area (Å²) in [5.41, 5.74) is 0.836. The van der Waals surface area contributed by atoms with E-state index in [4.69, 9.17) is 23.2 Å². The maximum atomic E-state index is 13.3. The number of thioether (sulfide) groups is 1. The molecule has 172 valence electrons. The summed E-state index contributed by atoms with van der Waals surface area (Å²) in [4.78, 5) is 55.4. The van der Waals surface area contributed by atoms with Gasteiger partial charge in [-0.3, -0.25) is 24.1 Å². The maximum Gasteiger partial charge on any atom is 0.325 e. The number of hydrogen-bond donors (Lipinski definition) is 1. The highest BCUT2D eigenvalue weighted by Crippen LogP contribution is 2.68. The van der Waals surface area contributed by atoms with E-state index in [1.54, 1.807) is 17.8 Å². The van der Waals surface area contributed by atoms with E-state index in [0.717, 1.165) is 26.8 Å². The van der Waals surface area contributed by atoms with Crippen molar-refractivity contribution in [1.29, 1.82) is 0 Å². The van der Waals surface area contributed by atoms with E-state index in [2.05, 4.69) is 9.72 Å². The summed E-state index contributed by atoms with van der Waals surface area (Å²) in [6, 6.07) is 5.49. The van der Waals surface area contributed by atoms with Crippen molar-refractivity contribution in [3.8, 4) is 0 Å². The van der Waals surface area contributed by atoms with E-state index in [9.17, 15) is 19.2 Å². The minimum atomic E-state index is -0.612. The summed E-state index contributed by atoms with van der Waals surface area (Å²) in [5, 5.41) is 1.73. The largest absolute Gasteiger partial charge is 0.468 e. The van der Waals surface area contributed by atoms with Crippen LogP contribution in [0.15, 0.2) is 28.0 Å². The van der Waals surface area contributed by atoms with Gasteiger partial charge < -0.3 is 9.72 Å². The Hall–Kier alpha value is -1.81. The van der Waals surface area contributed by atoms with Gasteiger partial charge in [0.15, 0.2) is 0 Å². The molecule has 7 unspecified atom stereocenters. The van der Waals surface area contributed by atoms with Crippen molar-refractivity contribution >= 4 is 64.1 Å². The van der Waals surface area contributed by atoms with Crippen molar-refractivity contribution in [2.24, 2.45) is 29.6 Å². The lowest BCUT2D eigenvalue weighted by Crippen LogP contribution is -2.42. The van der Waals surface area contributed by atoms with Crippen LogP contribution in [0.5, 0.6) is 0 Å². The Labute approximate surface area is 206 Å². The average Bonchev–Trinajstić information content (AvgIpc) is 3.51. The maximum absolute atomic E-state index is 13.3. The second-order valence-corrected chi connectivity index (χ2v) is 11.9. The minimum absolute atomic E-state index is 0.0194. The van der Waals surface area contributed by atoms with E-state index in [0.29, 0.717) is 10.0 Å². The number of methoxy groups -OCH3 is 1. The first-order chi connectivity index (χ1) is 15.8. The van der Waals surface area contributed by atoms with Crippen LogP contribution in [0.2, 0.25) is 10.0 Å². The number of rotatable bonds is 3. The van der Waals surface area contributed by atoms with Crippen molar-refractivity contribution in [2.75, 3.05) is 13.7 Å². The van der Waals surface area contributed by atoms with Crippen LogP contribution in [-0.2, 0) is 19.1 Å². The number of amides is 2. The van der Waals surface area contributed by atoms with Gasteiger partial charge in [0, 0.05) is 16.0 Å². The third-order valence-electron chi connectivity index (χ3n) is 7.65. The predicted molar refractivity (Wildman–Crippen MR) is 124 cm³/mol. The van der Waals surface area contributed by atoms with Crippen LogP contribution in [0.3, 0.4) is 0 Å². The Morgan fingerprint density at radius 1 is 1.18 bits per heavy atom. The molecule has 11 heteroatoms. The van der Waals surface area contributed by atoms with Crippen LogP contribution < -0.4 is 4.87 Å². The second-order valence-electron chi connectivity index (χ2n) is 8.94. The summed E-state index contributed by atoms with van der Waals surface area (Å²) in [6.45, 7) is -0.354. The van der Waals surface area contributed by atoms with E-state index >= 15 is 0 Å². The zero-order valence-electron chi connectivity index (χ0n) is 17.2. The first-order valence-corrected chi connectivity index (χ1v) is 13.0. The Morgan fingerprint density at radius 2 is 1.91 bits per heavy atom. The molecule has 7 nitrogen and oxygen atoms in total. The summed E-state index contributed by atoms with van der Waals surface area (Å²) in [6.07, 6.45) is 0.759. The fraction of sp³-hybridized carbons (Fsp3) is 0.455. The first kappa shape index (κ1) is 21.7. The van der Waals surface area contributed by atoms with Crippen molar-refractivity contribution in [3.05, 3.63) is 48.4 Å². The number of carbonyl (C=O) groups excluding carboxylic acids is 3. The molecule has 3 heterocycles. The smallest absolute Gasteiger partial charge is 0.325 e. The Morgan fingerprint density at radius 3 is 2.64 bits per heavy atom. The van der Waals surface area contributed by atoms with Gasteiger partial charge in [-0.2, -0.15) is 0 Å². The Balaban J connectivity index is 1.45. The zero-order valence-corrected chi connectivity index (χ0v) is 20.4. The number of likely N-dealkylation sites (tertiary alicyclic amines) is 1. The van der Waals surface area contributed by atoms with Gasteiger partial charge in [0.05, 0.1) is 34.0 Å². The van der Waals surface area contributed by atoms with Gasteiger partial charge in [-0.1, -0.05) is 46.7 Å². The number of imide groups is 1. The van der Waals surface area contributed by atoms with Crippen molar-refractivity contribution in [2.45, 2.75) is 22.6 Å². The van der Waals surface area contributed by atoms with Gasteiger partial charge in [0.2, 0.25) is 11.8 Å². The summed E-state index contributed by atoms with van der Waals surface area (Å²) in [7, 11) is 1.24. The van der Waals surface area contributed by atoms with Crippen LogP contribution >= 0.6 is 46.3 Å². The Kier molecular flexibility index (Phi) is 5.00. The quantitative estimate of drug-likeness (QED) is 0.488. The summed E-state index contributed by atoms with van der Waals surface area (Å²) in [5.74, 6) is -2.36. The second kappa shape index (κ2) is 7.60. The molecule has 0 spiro atoms. The molecule has 2 amide bonds. The molecular formula is C22H18Cl2N2O5S2. The number of benzene rings is 1. The predicted octanol–water partition coefficient (Wildman–Crippen LogP) is 3.39. The van der Waals surface area contributed by atoms with E-state index in [-0.39, 0.29) is 52.2 Å². The number of hydrogen-bond acceptors (Lipinski definition) is 7. The molecule has 33 heavy (non-hydrogen) atoms. The number of H-pyrrole nitrogens is 1. The third-order valence-corrected chi connectivity index (χ3v) is 11.1. The number of thiazole rings is 1. The number of aromatic amines is 1. The van der Waals surface area contributed by atoms with Crippen LogP contribution in [0.1, 0.15) is 22.8 Å². The molecule has 2 aromatic rings. The zero-order chi connectivity index (χ0) is 23.2. The number of fused-ring (bicyclic) bond motifs is 9. The number of halogens is 2. The van der Waals surface area contributed by atoms with Crippen LogP contribution in [-0.4, -0.2) is 46.6 Å². The number of carbonyl (C=O) groups is 3. The monoisotopic (exact) mass is 524 g/mol. The fourth-order valence-electron chi connectivity index (χ4n) is 6.54. The van der Waals surface area contributed by atoms with E-state index < -0.39 is 17.8 Å². The average molecular weight is 525 g/mol. The topological polar surface area (TPSA) is 96.5 Å². The minimum Gasteiger partial charge on any atom is -0.468 e. The van der Waals surface area contributed by atoms with Crippen molar-refractivity contribution in [3.63, 3.8) is 0 Å². The van der Waals surface area contributed by atoms with Crippen molar-refractivity contribution < 1.29 is 19.1 Å². The van der Waals surface area contributed by atoms with Crippen LogP contribution in [0, 0.1) is 29.6 Å². The van der Waals surface area contributed by atoms with E-state index in [1.807, 2.05) is 12.1 Å². The lowest BCUT2D eigenvalue weighted by molar-refractivity contribution is -0.151. The molecule has 1 aromatic heterocycles.